The lowest BCUT2D eigenvalue weighted by Gasteiger charge is -2.32. The highest BCUT2D eigenvalue weighted by molar-refractivity contribution is 7.90. The molecule has 0 saturated carbocycles. The van der Waals surface area contributed by atoms with Crippen LogP contribution in [-0.2, 0) is 15.6 Å². The van der Waals surface area contributed by atoms with Crippen LogP contribution in [0.1, 0.15) is 5.01 Å². The Morgan fingerprint density at radius 1 is 1.25 bits per heavy atom. The molecular formula is C19H14FN3O3S2. The minimum atomic E-state index is -3.58. The van der Waals surface area contributed by atoms with Crippen molar-refractivity contribution in [3.8, 4) is 5.75 Å². The molecule has 1 aromatic heterocycles. The largest absolute Gasteiger partial charge is 0.489 e. The monoisotopic (exact) mass is 415 g/mol. The smallest absolute Gasteiger partial charge is 0.210 e. The lowest BCUT2D eigenvalue weighted by atomic mass is 10.1. The number of thiazole rings is 1. The molecule has 0 N–H and O–H groups in total. The number of nitrogens with zero attached hydrogens (tertiary/aromatic N) is 3. The molecule has 0 aliphatic carbocycles. The van der Waals surface area contributed by atoms with E-state index >= 15 is 0 Å². The predicted octanol–water partition coefficient (Wildman–Crippen LogP) is 4.34. The molecule has 9 heteroatoms. The highest BCUT2D eigenvalue weighted by Crippen LogP contribution is 2.42. The summed E-state index contributed by atoms with van der Waals surface area (Å²) >= 11 is 1.28. The van der Waals surface area contributed by atoms with Crippen molar-refractivity contribution in [2.24, 2.45) is 0 Å². The van der Waals surface area contributed by atoms with Gasteiger partial charge in [0.15, 0.2) is 9.84 Å². The predicted molar refractivity (Wildman–Crippen MR) is 105 cm³/mol. The molecule has 28 heavy (non-hydrogen) atoms. The van der Waals surface area contributed by atoms with Crippen molar-refractivity contribution in [3.05, 3.63) is 70.2 Å². The minimum absolute atomic E-state index is 0.132. The molecule has 0 radical (unpaired) electrons. The summed E-state index contributed by atoms with van der Waals surface area (Å²) in [7, 11) is -3.58. The van der Waals surface area contributed by atoms with E-state index in [1.165, 1.54) is 41.7 Å². The van der Waals surface area contributed by atoms with Crippen molar-refractivity contribution >= 4 is 38.2 Å². The van der Waals surface area contributed by atoms with Gasteiger partial charge in [-0.05, 0) is 24.3 Å². The zero-order valence-electron chi connectivity index (χ0n) is 14.5. The third-order valence-corrected chi connectivity index (χ3v) is 6.89. The molecule has 3 aromatic rings. The summed E-state index contributed by atoms with van der Waals surface area (Å²) in [5.74, 6) is -0.247. The van der Waals surface area contributed by atoms with Gasteiger partial charge in [0.05, 0.1) is 29.4 Å². The van der Waals surface area contributed by atoms with Gasteiger partial charge in [-0.1, -0.05) is 6.07 Å². The van der Waals surface area contributed by atoms with Crippen molar-refractivity contribution in [1.82, 2.24) is 4.98 Å². The normalized spacial score (nSPS) is 13.5. The second-order valence-electron chi connectivity index (χ2n) is 6.06. The van der Waals surface area contributed by atoms with E-state index in [1.54, 1.807) is 22.5 Å². The van der Waals surface area contributed by atoms with Crippen LogP contribution in [0.25, 0.3) is 4.85 Å². The quantitative estimate of drug-likeness (QED) is 0.593. The molecule has 0 fully saturated rings. The molecule has 0 saturated heterocycles. The summed E-state index contributed by atoms with van der Waals surface area (Å²) in [6.07, 6.45) is 1.57. The van der Waals surface area contributed by atoms with Crippen LogP contribution in [-0.4, -0.2) is 26.6 Å². The summed E-state index contributed by atoms with van der Waals surface area (Å²) in [5.41, 5.74) is 1.34. The molecule has 0 atom stereocenters. The topological polar surface area (TPSA) is 63.9 Å². The van der Waals surface area contributed by atoms with Crippen LogP contribution in [0.15, 0.2) is 52.9 Å². The third-order valence-electron chi connectivity index (χ3n) is 4.30. The summed E-state index contributed by atoms with van der Waals surface area (Å²) < 4.78 is 44.8. The van der Waals surface area contributed by atoms with Gasteiger partial charge < -0.3 is 9.64 Å². The summed E-state index contributed by atoms with van der Waals surface area (Å²) in [6, 6.07) is 8.57. The molecule has 0 amide bonds. The van der Waals surface area contributed by atoms with E-state index in [0.29, 0.717) is 34.4 Å². The number of hydrogen-bond donors (Lipinski definition) is 0. The molecule has 0 unspecified atom stereocenters. The molecule has 1 aliphatic rings. The van der Waals surface area contributed by atoms with Crippen molar-refractivity contribution in [1.29, 1.82) is 0 Å². The molecule has 1 aliphatic heterocycles. The number of anilines is 2. The first kappa shape index (κ1) is 18.4. The van der Waals surface area contributed by atoms with Crippen molar-refractivity contribution in [2.45, 2.75) is 10.6 Å². The molecule has 142 valence electrons. The molecule has 0 bridgehead atoms. The number of ether oxygens (including phenoxy) is 1. The summed E-state index contributed by atoms with van der Waals surface area (Å²) in [4.78, 5) is 9.39. The second kappa shape index (κ2) is 7.22. The van der Waals surface area contributed by atoms with Crippen molar-refractivity contribution < 1.29 is 17.5 Å². The number of halogens is 1. The first-order valence-corrected chi connectivity index (χ1v) is 10.8. The van der Waals surface area contributed by atoms with Crippen LogP contribution in [0, 0.1) is 12.4 Å². The Balaban J connectivity index is 1.73. The van der Waals surface area contributed by atoms with Gasteiger partial charge >= 0.3 is 0 Å². The van der Waals surface area contributed by atoms with E-state index in [2.05, 4.69) is 9.83 Å². The Hall–Kier alpha value is -2.96. The molecule has 0 spiro atoms. The standard InChI is InChI=1S/C19H14FN3O3S2/c1-21-15-4-2-13(20)10-17(15)23-7-8-26-18-11-14(3-5-16(18)23)28(24,25)12-19-22-6-9-27-19/h2-6,9-11H,7-8,12H2. The SMILES string of the molecule is [C-]#[N+]c1ccc(F)cc1N1CCOc2cc(S(=O)(=O)Cc3nccs3)ccc21. The Labute approximate surface area is 165 Å². The van der Waals surface area contributed by atoms with E-state index in [-0.39, 0.29) is 17.3 Å². The summed E-state index contributed by atoms with van der Waals surface area (Å²) in [5, 5.41) is 2.24. The minimum Gasteiger partial charge on any atom is -0.489 e. The number of sulfone groups is 1. The van der Waals surface area contributed by atoms with Crippen LogP contribution in [0.2, 0.25) is 0 Å². The van der Waals surface area contributed by atoms with Crippen LogP contribution >= 0.6 is 11.3 Å². The number of hydrogen-bond acceptors (Lipinski definition) is 6. The van der Waals surface area contributed by atoms with Gasteiger partial charge in [0.1, 0.15) is 28.9 Å². The Bertz CT molecular complexity index is 1170. The van der Waals surface area contributed by atoms with Gasteiger partial charge in [-0.15, -0.1) is 11.3 Å². The first-order chi connectivity index (χ1) is 13.5. The Morgan fingerprint density at radius 3 is 2.86 bits per heavy atom. The average Bonchev–Trinajstić information content (AvgIpc) is 3.19. The van der Waals surface area contributed by atoms with Gasteiger partial charge in [0.25, 0.3) is 0 Å². The maximum Gasteiger partial charge on any atom is 0.210 e. The van der Waals surface area contributed by atoms with Gasteiger partial charge in [0.2, 0.25) is 5.69 Å². The average molecular weight is 415 g/mol. The first-order valence-electron chi connectivity index (χ1n) is 8.30. The van der Waals surface area contributed by atoms with E-state index in [4.69, 9.17) is 11.3 Å². The fourth-order valence-corrected chi connectivity index (χ4v) is 5.29. The van der Waals surface area contributed by atoms with Crippen LogP contribution in [0.3, 0.4) is 0 Å². The van der Waals surface area contributed by atoms with Gasteiger partial charge in [0, 0.05) is 17.6 Å². The van der Waals surface area contributed by atoms with Crippen LogP contribution in [0.4, 0.5) is 21.5 Å². The lowest BCUT2D eigenvalue weighted by Crippen LogP contribution is -2.28. The van der Waals surface area contributed by atoms with Gasteiger partial charge in [-0.3, -0.25) is 0 Å². The maximum absolute atomic E-state index is 13.8. The lowest BCUT2D eigenvalue weighted by molar-refractivity contribution is 0.313. The second-order valence-corrected chi connectivity index (χ2v) is 9.03. The molecule has 2 heterocycles. The molecule has 4 rings (SSSR count). The third kappa shape index (κ3) is 3.44. The van der Waals surface area contributed by atoms with Crippen molar-refractivity contribution in [2.75, 3.05) is 18.1 Å². The van der Waals surface area contributed by atoms with E-state index in [0.717, 1.165) is 0 Å². The van der Waals surface area contributed by atoms with Crippen LogP contribution < -0.4 is 9.64 Å². The maximum atomic E-state index is 13.8. The van der Waals surface area contributed by atoms with Crippen LogP contribution in [0.5, 0.6) is 5.75 Å². The van der Waals surface area contributed by atoms with Gasteiger partial charge in [-0.2, -0.15) is 0 Å². The Morgan fingerprint density at radius 2 is 2.11 bits per heavy atom. The number of aromatic nitrogens is 1. The highest BCUT2D eigenvalue weighted by atomic mass is 32.2. The fraction of sp³-hybridized carbons (Fsp3) is 0.158. The molecule has 6 nitrogen and oxygen atoms in total. The van der Waals surface area contributed by atoms with E-state index in [9.17, 15) is 12.8 Å². The zero-order chi connectivity index (χ0) is 19.7. The zero-order valence-corrected chi connectivity index (χ0v) is 16.1. The highest BCUT2D eigenvalue weighted by Gasteiger charge is 2.25. The summed E-state index contributed by atoms with van der Waals surface area (Å²) in [6.45, 7) is 8.04. The van der Waals surface area contributed by atoms with E-state index in [1.807, 2.05) is 0 Å². The molecule has 2 aromatic carbocycles. The fourth-order valence-electron chi connectivity index (χ4n) is 3.02. The number of benzene rings is 2. The van der Waals surface area contributed by atoms with Gasteiger partial charge in [-0.25, -0.2) is 22.6 Å². The number of fused-ring (bicyclic) bond motifs is 1. The van der Waals surface area contributed by atoms with E-state index < -0.39 is 15.7 Å². The number of rotatable bonds is 4. The molecular weight excluding hydrogens is 401 g/mol. The Kier molecular flexibility index (Phi) is 4.75. The van der Waals surface area contributed by atoms with Crippen molar-refractivity contribution in [3.63, 3.8) is 0 Å².